The van der Waals surface area contributed by atoms with Gasteiger partial charge in [0.05, 0.1) is 119 Å². The summed E-state index contributed by atoms with van der Waals surface area (Å²) < 4.78 is 86.6. The Kier molecular flexibility index (Phi) is 26.7. The van der Waals surface area contributed by atoms with Gasteiger partial charge in [-0.3, -0.25) is 0 Å². The lowest BCUT2D eigenvalue weighted by molar-refractivity contribution is 0.0508. The van der Waals surface area contributed by atoms with Crippen LogP contribution in [0.25, 0.3) is 137 Å². The molecule has 26 nitrogen and oxygen atoms in total. The molecule has 4 aliphatic rings. The number of benzene rings is 9. The number of fused-ring (bicyclic) bond motifs is 16. The lowest BCUT2D eigenvalue weighted by atomic mass is 10.0. The van der Waals surface area contributed by atoms with Crippen molar-refractivity contribution in [2.75, 3.05) is 63.5 Å². The molecule has 15 aromatic rings. The van der Waals surface area contributed by atoms with Gasteiger partial charge in [-0.15, -0.1) is 0 Å². The molecule has 4 N–H and O–H groups in total. The van der Waals surface area contributed by atoms with Crippen LogP contribution >= 0.6 is 34.8 Å². The highest BCUT2D eigenvalue weighted by atomic mass is 35.6. The van der Waals surface area contributed by atoms with Gasteiger partial charge in [-0.2, -0.15) is 0 Å². The number of halogens is 3. The molecule has 0 radical (unpaired) electrons. The van der Waals surface area contributed by atoms with E-state index in [2.05, 4.69) is 19.9 Å². The number of carbonyl (C=O) groups excluding carboxylic acids is 3. The standard InChI is InChI=1S/C111H87Cl3N8O18/c1-126-82-33-63(34-83(51-82)127-2)58-134-90-41-71(42-91(55-90)135-59-64-35-84(128-3)52-85(36-64)129-4)106-100-29-21-78(119-100)47-74-17-25-96(115-74)104(97-26-18-75(116-97)48-79-22-30-101(106)120-79)67-9-13-69(14-10-67)109(124)139-94-45-73(108(123)138-62-111(112,113)114)46-95(57-94)140-110(125)70-15-11-68(12-16-70)105-98-27-19-76(117-98)49-80-23-31-102(121-80)107(103-32-24-81(122-103)50-77-20-28-99(105)118-77)72-43-92(136-60-65-37-86(130-5)53-87(38-65)131-6)56-93(44-72)137-61-66-39-88(132-7)54-89(40-66)133-8/h9-57,115,117,120,122H,58-62H2,1-8H3. The summed E-state index contributed by atoms with van der Waals surface area (Å²) >= 11 is 18.1. The lowest BCUT2D eigenvalue weighted by Gasteiger charge is -2.15. The van der Waals surface area contributed by atoms with Crippen molar-refractivity contribution >= 4 is 145 Å². The molecule has 0 amide bonds. The molecule has 0 atom stereocenters. The van der Waals surface area contributed by atoms with Crippen molar-refractivity contribution in [3.05, 3.63) is 333 Å². The summed E-state index contributed by atoms with van der Waals surface area (Å²) in [6.07, 6.45) is 15.6. The van der Waals surface area contributed by atoms with E-state index in [-0.39, 0.29) is 54.6 Å². The van der Waals surface area contributed by atoms with Crippen LogP contribution in [-0.2, 0) is 31.2 Å². The van der Waals surface area contributed by atoms with Crippen molar-refractivity contribution in [1.29, 1.82) is 0 Å². The van der Waals surface area contributed by atoms with Crippen LogP contribution in [0.1, 0.15) is 98.9 Å². The molecule has 0 saturated heterocycles. The molecule has 9 aromatic carbocycles. The number of aromatic amines is 4. The van der Waals surface area contributed by atoms with Crippen molar-refractivity contribution in [3.63, 3.8) is 0 Å². The predicted molar refractivity (Wildman–Crippen MR) is 542 cm³/mol. The van der Waals surface area contributed by atoms with Gasteiger partial charge in [0.1, 0.15) is 114 Å². The number of alkyl halides is 3. The van der Waals surface area contributed by atoms with Crippen LogP contribution in [0.15, 0.2) is 249 Å². The molecule has 10 heterocycles. The van der Waals surface area contributed by atoms with Crippen LogP contribution < -0.4 is 66.3 Å². The highest BCUT2D eigenvalue weighted by molar-refractivity contribution is 6.67. The smallest absolute Gasteiger partial charge is 0.343 e. The fourth-order valence-corrected chi connectivity index (χ4v) is 16.7. The zero-order chi connectivity index (χ0) is 96.7. The first-order chi connectivity index (χ1) is 68.1. The van der Waals surface area contributed by atoms with E-state index in [1.807, 2.05) is 206 Å². The quantitative estimate of drug-likeness (QED) is 0.0185. The fraction of sp³-hybridized carbons (Fsp3) is 0.126. The van der Waals surface area contributed by atoms with Crippen LogP contribution in [0.2, 0.25) is 0 Å². The second kappa shape index (κ2) is 40.5. The average Bonchev–Trinajstić information content (AvgIpc) is 1.62. The SMILES string of the molecule is COc1cc(COc2cc(OCc3cc(OC)cc(OC)c3)cc(-c3c4nc(cc5ccc([nH]5)c(-c5ccc(C(=O)Oc6cc(OC(=O)c7ccc(-c8c9nc(cc%10ccc([nH]%10)c(-c%10cc(OCc%11cc(OC)cc(OC)c%11)cc(OCc%11cc(OC)cc(OC)c%11)c%10)c%10nc(cc%11ccc8[nH]%11)C=C%10)C=C9)cc7)cc(C(=O)OCC(Cl)(Cl)Cl)c6)cc5)c5nc(cc6ccc3[nH]6)C=C5)C=C4)c2)cc(OC)c1. The second-order valence-electron chi connectivity index (χ2n) is 32.7. The van der Waals surface area contributed by atoms with Gasteiger partial charge in [-0.1, -0.05) is 59.1 Å². The van der Waals surface area contributed by atoms with Gasteiger partial charge in [-0.25, -0.2) is 34.3 Å². The first-order valence-electron chi connectivity index (χ1n) is 44.0. The number of rotatable bonds is 30. The van der Waals surface area contributed by atoms with E-state index in [4.69, 9.17) is 126 Å². The Hall–Kier alpha value is -16.9. The molecule has 19 rings (SSSR count). The Labute approximate surface area is 817 Å². The van der Waals surface area contributed by atoms with Gasteiger partial charge in [0, 0.05) is 109 Å². The van der Waals surface area contributed by atoms with Gasteiger partial charge in [-0.05, 0) is 275 Å². The molecule has 0 aliphatic carbocycles. The summed E-state index contributed by atoms with van der Waals surface area (Å²) in [7, 11) is 12.8. The molecular weight excluding hydrogens is 1840 g/mol. The van der Waals surface area contributed by atoms with Crippen LogP contribution in [0.3, 0.4) is 0 Å². The molecule has 0 fully saturated rings. The molecule has 700 valence electrons. The Morgan fingerprint density at radius 3 is 0.764 bits per heavy atom. The summed E-state index contributed by atoms with van der Waals surface area (Å²) in [4.78, 5) is 78.2. The summed E-state index contributed by atoms with van der Waals surface area (Å²) in [6.45, 7) is 0.0612. The Morgan fingerprint density at radius 2 is 0.507 bits per heavy atom. The van der Waals surface area contributed by atoms with E-state index < -0.39 is 28.3 Å². The molecular formula is C111H87Cl3N8O18. The molecule has 4 aliphatic heterocycles. The molecule has 0 spiro atoms. The topological polar surface area (TPSA) is 304 Å². The Morgan fingerprint density at radius 1 is 0.257 bits per heavy atom. The fourth-order valence-electron chi connectivity index (χ4n) is 16.5. The van der Waals surface area contributed by atoms with Gasteiger partial charge >= 0.3 is 17.9 Å². The lowest BCUT2D eigenvalue weighted by Crippen LogP contribution is -2.18. The zero-order valence-corrected chi connectivity index (χ0v) is 78.9. The third-order valence-electron chi connectivity index (χ3n) is 23.1. The van der Waals surface area contributed by atoms with E-state index >= 15 is 0 Å². The normalized spacial score (nSPS) is 11.8. The minimum Gasteiger partial charge on any atom is -0.497 e. The predicted octanol–water partition coefficient (Wildman–Crippen LogP) is 24.6. The minimum absolute atomic E-state index is 0.126. The third kappa shape index (κ3) is 21.5. The summed E-state index contributed by atoms with van der Waals surface area (Å²) in [5.74, 6) is 4.08. The summed E-state index contributed by atoms with van der Waals surface area (Å²) in [6, 6.07) is 74.9. The van der Waals surface area contributed by atoms with E-state index in [9.17, 15) is 14.4 Å². The highest BCUT2D eigenvalue weighted by Gasteiger charge is 2.27. The van der Waals surface area contributed by atoms with E-state index in [0.29, 0.717) is 148 Å². The number of aromatic nitrogens is 8. The van der Waals surface area contributed by atoms with Crippen molar-refractivity contribution in [2.45, 2.75) is 30.2 Å². The Bertz CT molecular complexity index is 7200. The van der Waals surface area contributed by atoms with E-state index in [1.165, 1.54) is 18.2 Å². The Balaban J connectivity index is 0.593. The van der Waals surface area contributed by atoms with Gasteiger partial charge < -0.3 is 91.0 Å². The van der Waals surface area contributed by atoms with Gasteiger partial charge in [0.25, 0.3) is 0 Å². The molecule has 16 bridgehead atoms. The van der Waals surface area contributed by atoms with Crippen LogP contribution in [0.5, 0.6) is 80.5 Å². The van der Waals surface area contributed by atoms with E-state index in [0.717, 1.165) is 77.6 Å². The molecule has 6 aromatic heterocycles. The van der Waals surface area contributed by atoms with E-state index in [1.54, 1.807) is 130 Å². The summed E-state index contributed by atoms with van der Waals surface area (Å²) in [5, 5.41) is 0. The maximum Gasteiger partial charge on any atom is 0.343 e. The maximum atomic E-state index is 14.5. The van der Waals surface area contributed by atoms with Gasteiger partial charge in [0.15, 0.2) is 0 Å². The number of hydrogen-bond donors (Lipinski definition) is 4. The van der Waals surface area contributed by atoms with Crippen molar-refractivity contribution < 1.29 is 85.4 Å². The molecule has 29 heteroatoms. The molecule has 0 unspecified atom stereocenters. The van der Waals surface area contributed by atoms with Crippen molar-refractivity contribution in [2.24, 2.45) is 0 Å². The van der Waals surface area contributed by atoms with Crippen LogP contribution in [0, 0.1) is 0 Å². The van der Waals surface area contributed by atoms with Gasteiger partial charge in [0.2, 0.25) is 3.79 Å². The second-order valence-corrected chi connectivity index (χ2v) is 35.2. The average molecular weight is 1930 g/mol. The number of nitrogens with one attached hydrogen (secondary N) is 4. The number of carbonyl (C=O) groups is 3. The maximum absolute atomic E-state index is 14.5. The summed E-state index contributed by atoms with van der Waals surface area (Å²) in [5.41, 5.74) is 20.3. The van der Waals surface area contributed by atoms with Crippen molar-refractivity contribution in [3.8, 4) is 125 Å². The minimum atomic E-state index is -1.98. The van der Waals surface area contributed by atoms with Crippen LogP contribution in [0.4, 0.5) is 0 Å². The zero-order valence-electron chi connectivity index (χ0n) is 76.6. The monoisotopic (exact) mass is 1920 g/mol. The van der Waals surface area contributed by atoms with Crippen LogP contribution in [-0.4, -0.2) is 125 Å². The number of H-pyrrole nitrogens is 4. The number of methoxy groups -OCH3 is 8. The first kappa shape index (κ1) is 92.1. The number of esters is 3. The first-order valence-corrected chi connectivity index (χ1v) is 45.2. The highest BCUT2D eigenvalue weighted by Crippen LogP contribution is 2.43. The molecule has 0 saturated carbocycles. The third-order valence-corrected chi connectivity index (χ3v) is 23.4. The van der Waals surface area contributed by atoms with Crippen molar-refractivity contribution in [1.82, 2.24) is 39.9 Å². The number of hydrogen-bond acceptors (Lipinski definition) is 22. The number of ether oxygens (including phenoxy) is 15. The number of nitrogens with zero attached hydrogens (tertiary/aromatic N) is 4. The largest absolute Gasteiger partial charge is 0.497 e. The molecule has 140 heavy (non-hydrogen) atoms.